The normalized spacial score (nSPS) is 19.9. The number of thioether (sulfide) groups is 2. The third-order valence-electron chi connectivity index (χ3n) is 5.87. The molecule has 2 N–H and O–H groups in total. The van der Waals surface area contributed by atoms with E-state index in [1.807, 2.05) is 53.9 Å². The van der Waals surface area contributed by atoms with E-state index in [1.54, 1.807) is 0 Å². The van der Waals surface area contributed by atoms with Crippen molar-refractivity contribution in [3.63, 3.8) is 0 Å². The summed E-state index contributed by atoms with van der Waals surface area (Å²) in [5.41, 5.74) is 6.96. The van der Waals surface area contributed by atoms with E-state index in [4.69, 9.17) is 28.9 Å². The summed E-state index contributed by atoms with van der Waals surface area (Å²) in [6.07, 6.45) is 4.87. The van der Waals surface area contributed by atoms with E-state index in [0.29, 0.717) is 10.5 Å². The zero-order chi connectivity index (χ0) is 20.9. The van der Waals surface area contributed by atoms with Gasteiger partial charge in [-0.05, 0) is 56.0 Å². The number of likely N-dealkylation sites (tertiary alicyclic amines) is 2. The fraction of sp³-hybridized carbons (Fsp3) is 0.478. The van der Waals surface area contributed by atoms with Crippen molar-refractivity contribution in [3.8, 4) is 0 Å². The number of halogens is 2. The zero-order valence-electron chi connectivity index (χ0n) is 17.1. The lowest BCUT2D eigenvalue weighted by Gasteiger charge is -2.38. The Morgan fingerprint density at radius 3 is 1.97 bits per heavy atom. The van der Waals surface area contributed by atoms with Crippen molar-refractivity contribution in [2.45, 2.75) is 46.0 Å². The third kappa shape index (κ3) is 6.24. The van der Waals surface area contributed by atoms with E-state index in [1.165, 1.54) is 43.7 Å². The van der Waals surface area contributed by atoms with Gasteiger partial charge in [-0.15, -0.1) is 23.5 Å². The highest BCUT2D eigenvalue weighted by atomic mass is 35.5. The molecule has 30 heavy (non-hydrogen) atoms. The van der Waals surface area contributed by atoms with Crippen LogP contribution in [0.5, 0.6) is 0 Å². The second-order valence-electron chi connectivity index (χ2n) is 8.12. The summed E-state index contributed by atoms with van der Waals surface area (Å²) in [5, 5.41) is 2.94. The summed E-state index contributed by atoms with van der Waals surface area (Å²) in [7, 11) is 0. The maximum absolute atomic E-state index is 6.33. The lowest BCUT2D eigenvalue weighted by Crippen LogP contribution is -2.46. The minimum Gasteiger partial charge on any atom is -0.398 e. The highest BCUT2D eigenvalue weighted by Gasteiger charge is 2.25. The molecule has 3 nitrogen and oxygen atoms in total. The van der Waals surface area contributed by atoms with Gasteiger partial charge in [0.2, 0.25) is 0 Å². The molecule has 0 saturated carbocycles. The van der Waals surface area contributed by atoms with Gasteiger partial charge in [0, 0.05) is 57.2 Å². The maximum atomic E-state index is 6.33. The van der Waals surface area contributed by atoms with E-state index in [2.05, 4.69) is 21.9 Å². The predicted molar refractivity (Wildman–Crippen MR) is 133 cm³/mol. The monoisotopic (exact) mass is 481 g/mol. The number of anilines is 1. The van der Waals surface area contributed by atoms with Crippen LogP contribution in [0.25, 0.3) is 0 Å². The Balaban J connectivity index is 1.18. The summed E-state index contributed by atoms with van der Waals surface area (Å²) in [4.78, 5) is 7.57. The molecule has 2 aromatic carbocycles. The summed E-state index contributed by atoms with van der Waals surface area (Å²) < 4.78 is 0. The molecule has 0 aromatic heterocycles. The number of piperidine rings is 2. The molecule has 2 saturated heterocycles. The Bertz CT molecular complexity index is 835. The number of hydrogen-bond acceptors (Lipinski definition) is 5. The molecular weight excluding hydrogens is 453 g/mol. The van der Waals surface area contributed by atoms with Crippen LogP contribution in [0.3, 0.4) is 0 Å². The van der Waals surface area contributed by atoms with Gasteiger partial charge >= 0.3 is 0 Å². The van der Waals surface area contributed by atoms with Crippen LogP contribution in [0.4, 0.5) is 5.69 Å². The van der Waals surface area contributed by atoms with Gasteiger partial charge in [0.1, 0.15) is 0 Å². The highest BCUT2D eigenvalue weighted by molar-refractivity contribution is 8.00. The van der Waals surface area contributed by atoms with Crippen LogP contribution in [-0.4, -0.2) is 53.1 Å². The second kappa shape index (κ2) is 10.8. The molecule has 0 unspecified atom stereocenters. The third-order valence-corrected chi connectivity index (χ3v) is 9.37. The number of hydrogen-bond donors (Lipinski definition) is 1. The van der Waals surface area contributed by atoms with Crippen LogP contribution < -0.4 is 5.73 Å². The molecule has 2 aromatic rings. The minimum absolute atomic E-state index is 0.625. The van der Waals surface area contributed by atoms with Crippen molar-refractivity contribution < 1.29 is 0 Å². The molecule has 162 valence electrons. The van der Waals surface area contributed by atoms with Crippen molar-refractivity contribution in [1.29, 1.82) is 0 Å². The topological polar surface area (TPSA) is 32.5 Å². The molecule has 0 amide bonds. The summed E-state index contributed by atoms with van der Waals surface area (Å²) >= 11 is 16.3. The zero-order valence-corrected chi connectivity index (χ0v) is 20.2. The first kappa shape index (κ1) is 22.6. The van der Waals surface area contributed by atoms with Crippen molar-refractivity contribution in [2.75, 3.05) is 38.6 Å². The SMILES string of the molecule is Nc1ccc(Cl)cc1SC1CCN(CN2CCC(Sc3ccccc3Cl)CC2)CC1. The molecule has 4 rings (SSSR count). The lowest BCUT2D eigenvalue weighted by molar-refractivity contribution is 0.101. The Morgan fingerprint density at radius 1 is 0.800 bits per heavy atom. The molecule has 0 aliphatic carbocycles. The second-order valence-corrected chi connectivity index (χ2v) is 11.7. The minimum atomic E-state index is 0.625. The quantitative estimate of drug-likeness (QED) is 0.486. The van der Waals surface area contributed by atoms with E-state index < -0.39 is 0 Å². The average molecular weight is 483 g/mol. The first-order valence-electron chi connectivity index (χ1n) is 10.6. The molecule has 2 fully saturated rings. The van der Waals surface area contributed by atoms with Crippen LogP contribution in [0.1, 0.15) is 25.7 Å². The summed E-state index contributed by atoms with van der Waals surface area (Å²) in [6.45, 7) is 5.77. The van der Waals surface area contributed by atoms with Crippen LogP contribution in [-0.2, 0) is 0 Å². The van der Waals surface area contributed by atoms with E-state index >= 15 is 0 Å². The largest absolute Gasteiger partial charge is 0.398 e. The fourth-order valence-corrected chi connectivity index (χ4v) is 6.98. The highest BCUT2D eigenvalue weighted by Crippen LogP contribution is 2.36. The van der Waals surface area contributed by atoms with Gasteiger partial charge in [0.25, 0.3) is 0 Å². The average Bonchev–Trinajstić information content (AvgIpc) is 2.75. The summed E-state index contributed by atoms with van der Waals surface area (Å²) in [6, 6.07) is 14.0. The number of nitrogen functional groups attached to an aromatic ring is 1. The molecular formula is C23H29Cl2N3S2. The van der Waals surface area contributed by atoms with Crippen LogP contribution in [0.15, 0.2) is 52.3 Å². The molecule has 0 atom stereocenters. The van der Waals surface area contributed by atoms with Gasteiger partial charge in [-0.1, -0.05) is 35.3 Å². The first-order valence-corrected chi connectivity index (χ1v) is 13.2. The predicted octanol–water partition coefficient (Wildman–Crippen LogP) is 6.35. The van der Waals surface area contributed by atoms with Crippen molar-refractivity contribution in [2.24, 2.45) is 0 Å². The molecule has 2 heterocycles. The fourth-order valence-electron chi connectivity index (χ4n) is 4.13. The number of nitrogens with zero attached hydrogens (tertiary/aromatic N) is 2. The van der Waals surface area contributed by atoms with Crippen molar-refractivity contribution >= 4 is 52.4 Å². The Morgan fingerprint density at radius 2 is 1.37 bits per heavy atom. The van der Waals surface area contributed by atoms with Gasteiger partial charge in [0.05, 0.1) is 11.7 Å². The smallest absolute Gasteiger partial charge is 0.0541 e. The van der Waals surface area contributed by atoms with E-state index in [9.17, 15) is 0 Å². The van der Waals surface area contributed by atoms with E-state index in [-0.39, 0.29) is 0 Å². The Labute approximate surface area is 198 Å². The Hall–Kier alpha value is -0.560. The van der Waals surface area contributed by atoms with Gasteiger partial charge < -0.3 is 5.73 Å². The van der Waals surface area contributed by atoms with Crippen LogP contribution >= 0.6 is 46.7 Å². The summed E-state index contributed by atoms with van der Waals surface area (Å²) in [5.74, 6) is 0. The van der Waals surface area contributed by atoms with Crippen LogP contribution in [0, 0.1) is 0 Å². The maximum Gasteiger partial charge on any atom is 0.0541 e. The van der Waals surface area contributed by atoms with Crippen molar-refractivity contribution in [1.82, 2.24) is 9.80 Å². The number of rotatable bonds is 6. The van der Waals surface area contributed by atoms with Gasteiger partial charge in [-0.2, -0.15) is 0 Å². The molecule has 2 aliphatic heterocycles. The van der Waals surface area contributed by atoms with Gasteiger partial charge in [0.15, 0.2) is 0 Å². The molecule has 7 heteroatoms. The van der Waals surface area contributed by atoms with Crippen LogP contribution in [0.2, 0.25) is 10.0 Å². The van der Waals surface area contributed by atoms with Gasteiger partial charge in [-0.25, -0.2) is 0 Å². The standard InChI is InChI=1S/C23H29Cl2N3S2/c24-17-5-6-21(26)23(15-17)30-19-9-13-28(14-10-19)16-27-11-7-18(8-12-27)29-22-4-2-1-3-20(22)25/h1-6,15,18-19H,7-14,16,26H2. The lowest BCUT2D eigenvalue weighted by atomic mass is 10.1. The number of nitrogens with two attached hydrogens (primary N) is 1. The Kier molecular flexibility index (Phi) is 8.18. The number of benzene rings is 2. The molecule has 0 bridgehead atoms. The molecule has 0 radical (unpaired) electrons. The molecule has 2 aliphatic rings. The molecule has 0 spiro atoms. The van der Waals surface area contributed by atoms with Crippen molar-refractivity contribution in [3.05, 3.63) is 52.5 Å². The van der Waals surface area contributed by atoms with Gasteiger partial charge in [-0.3, -0.25) is 9.80 Å². The first-order chi connectivity index (χ1) is 14.6. The van der Waals surface area contributed by atoms with E-state index in [0.717, 1.165) is 40.4 Å².